The first-order valence-corrected chi connectivity index (χ1v) is 6.14. The van der Waals surface area contributed by atoms with E-state index in [0.29, 0.717) is 11.3 Å². The van der Waals surface area contributed by atoms with Gasteiger partial charge in [0.05, 0.1) is 11.1 Å². The molecule has 1 fully saturated rings. The highest BCUT2D eigenvalue weighted by molar-refractivity contribution is 9.09. The third kappa shape index (κ3) is 2.09. The maximum absolute atomic E-state index is 11.9. The largest absolute Gasteiger partial charge is 0.466 e. The fraction of sp³-hybridized carbons (Fsp3) is 0.545. The van der Waals surface area contributed by atoms with Crippen LogP contribution >= 0.6 is 15.9 Å². The molecule has 1 aliphatic carbocycles. The number of nitrogens with one attached hydrogen (secondary N) is 1. The number of rotatable bonds is 3. The van der Waals surface area contributed by atoms with Crippen LogP contribution in [-0.4, -0.2) is 16.8 Å². The summed E-state index contributed by atoms with van der Waals surface area (Å²) in [5, 5.41) is 3.86. The van der Waals surface area contributed by atoms with Crippen molar-refractivity contribution < 1.29 is 9.21 Å². The van der Waals surface area contributed by atoms with Gasteiger partial charge in [0.1, 0.15) is 11.5 Å². The van der Waals surface area contributed by atoms with Gasteiger partial charge in [-0.15, -0.1) is 0 Å². The second-order valence-electron chi connectivity index (χ2n) is 4.19. The van der Waals surface area contributed by atoms with Crippen LogP contribution in [0.2, 0.25) is 0 Å². The standard InChI is InChI=1S/C11H14BrNO2/c1-7-5-9(8(2)15-7)10(14)13-11(6-12)3-4-11/h5H,3-4,6H2,1-2H3,(H,13,14). The van der Waals surface area contributed by atoms with Gasteiger partial charge in [0.15, 0.2) is 0 Å². The van der Waals surface area contributed by atoms with E-state index >= 15 is 0 Å². The number of furan rings is 1. The maximum atomic E-state index is 11.9. The van der Waals surface area contributed by atoms with Gasteiger partial charge >= 0.3 is 0 Å². The molecular formula is C11H14BrNO2. The topological polar surface area (TPSA) is 42.2 Å². The van der Waals surface area contributed by atoms with E-state index in [9.17, 15) is 4.79 Å². The van der Waals surface area contributed by atoms with Gasteiger partial charge in [0.2, 0.25) is 0 Å². The smallest absolute Gasteiger partial charge is 0.255 e. The molecule has 0 radical (unpaired) electrons. The van der Waals surface area contributed by atoms with E-state index in [1.165, 1.54) is 0 Å². The molecule has 0 saturated heterocycles. The summed E-state index contributed by atoms with van der Waals surface area (Å²) in [6.07, 6.45) is 2.11. The average molecular weight is 272 g/mol. The lowest BCUT2D eigenvalue weighted by molar-refractivity contribution is 0.0935. The zero-order chi connectivity index (χ0) is 11.1. The average Bonchev–Trinajstić information content (AvgIpc) is 2.86. The maximum Gasteiger partial charge on any atom is 0.255 e. The second-order valence-corrected chi connectivity index (χ2v) is 4.76. The van der Waals surface area contributed by atoms with Crippen LogP contribution in [0.3, 0.4) is 0 Å². The van der Waals surface area contributed by atoms with Crippen LogP contribution in [0, 0.1) is 13.8 Å². The molecule has 82 valence electrons. The van der Waals surface area contributed by atoms with Crippen LogP contribution in [0.15, 0.2) is 10.5 Å². The van der Waals surface area contributed by atoms with Gasteiger partial charge in [-0.05, 0) is 32.8 Å². The summed E-state index contributed by atoms with van der Waals surface area (Å²) in [7, 11) is 0. The molecule has 1 aromatic heterocycles. The van der Waals surface area contributed by atoms with Crippen molar-refractivity contribution in [3.63, 3.8) is 0 Å². The number of alkyl halides is 1. The van der Waals surface area contributed by atoms with Crippen molar-refractivity contribution in [2.75, 3.05) is 5.33 Å². The number of carbonyl (C=O) groups excluding carboxylic acids is 1. The van der Waals surface area contributed by atoms with E-state index in [1.54, 1.807) is 6.07 Å². The van der Waals surface area contributed by atoms with Crippen LogP contribution in [0.25, 0.3) is 0 Å². The Hall–Kier alpha value is -0.770. The van der Waals surface area contributed by atoms with Crippen molar-refractivity contribution in [2.24, 2.45) is 0 Å². The van der Waals surface area contributed by atoms with E-state index < -0.39 is 0 Å². The third-order valence-corrected chi connectivity index (χ3v) is 3.85. The number of hydrogen-bond donors (Lipinski definition) is 1. The highest BCUT2D eigenvalue weighted by atomic mass is 79.9. The fourth-order valence-corrected chi connectivity index (χ4v) is 2.31. The van der Waals surface area contributed by atoms with Gasteiger partial charge in [0.25, 0.3) is 5.91 Å². The molecule has 1 saturated carbocycles. The molecule has 1 aliphatic rings. The number of halogens is 1. The van der Waals surface area contributed by atoms with Gasteiger partial charge < -0.3 is 9.73 Å². The minimum Gasteiger partial charge on any atom is -0.466 e. The third-order valence-electron chi connectivity index (χ3n) is 2.77. The highest BCUT2D eigenvalue weighted by Crippen LogP contribution is 2.37. The molecule has 1 N–H and O–H groups in total. The minimum atomic E-state index is -0.0266. The number of amides is 1. The number of aryl methyl sites for hydroxylation is 2. The van der Waals surface area contributed by atoms with Gasteiger partial charge in [0, 0.05) is 5.33 Å². The first-order valence-electron chi connectivity index (χ1n) is 5.02. The molecule has 0 aromatic carbocycles. The van der Waals surface area contributed by atoms with Crippen LogP contribution < -0.4 is 5.32 Å². The number of hydrogen-bond acceptors (Lipinski definition) is 2. The predicted octanol–water partition coefficient (Wildman–Crippen LogP) is 2.55. The zero-order valence-corrected chi connectivity index (χ0v) is 10.5. The Morgan fingerprint density at radius 1 is 1.60 bits per heavy atom. The molecule has 2 rings (SSSR count). The molecule has 1 aromatic rings. The van der Waals surface area contributed by atoms with Crippen molar-refractivity contribution in [2.45, 2.75) is 32.2 Å². The molecule has 0 spiro atoms. The van der Waals surface area contributed by atoms with Crippen LogP contribution in [0.1, 0.15) is 34.7 Å². The molecule has 1 amide bonds. The monoisotopic (exact) mass is 271 g/mol. The molecule has 4 heteroatoms. The van der Waals surface area contributed by atoms with E-state index in [-0.39, 0.29) is 11.4 Å². The van der Waals surface area contributed by atoms with Crippen LogP contribution in [0.4, 0.5) is 0 Å². The summed E-state index contributed by atoms with van der Waals surface area (Å²) in [6.45, 7) is 3.66. The summed E-state index contributed by atoms with van der Waals surface area (Å²) in [4.78, 5) is 11.9. The molecule has 0 unspecified atom stereocenters. The molecule has 1 heterocycles. The van der Waals surface area contributed by atoms with E-state index in [4.69, 9.17) is 4.42 Å². The lowest BCUT2D eigenvalue weighted by atomic mass is 10.2. The van der Waals surface area contributed by atoms with Crippen molar-refractivity contribution in [3.8, 4) is 0 Å². The Labute approximate surface area is 97.4 Å². The molecular weight excluding hydrogens is 258 g/mol. The molecule has 0 atom stereocenters. The molecule has 3 nitrogen and oxygen atoms in total. The molecule has 0 aliphatic heterocycles. The van der Waals surface area contributed by atoms with Crippen molar-refractivity contribution in [1.82, 2.24) is 5.32 Å². The van der Waals surface area contributed by atoms with E-state index in [0.717, 1.165) is 23.9 Å². The second kappa shape index (κ2) is 3.67. The summed E-state index contributed by atoms with van der Waals surface area (Å²) in [6, 6.07) is 1.79. The van der Waals surface area contributed by atoms with Crippen molar-refractivity contribution in [1.29, 1.82) is 0 Å². The highest BCUT2D eigenvalue weighted by Gasteiger charge is 2.43. The SMILES string of the molecule is Cc1cc(C(=O)NC2(CBr)CC2)c(C)o1. The van der Waals surface area contributed by atoms with E-state index in [2.05, 4.69) is 21.2 Å². The molecule has 0 bridgehead atoms. The summed E-state index contributed by atoms with van der Waals surface area (Å²) in [5.74, 6) is 1.44. The van der Waals surface area contributed by atoms with Gasteiger partial charge in [-0.2, -0.15) is 0 Å². The van der Waals surface area contributed by atoms with Crippen molar-refractivity contribution in [3.05, 3.63) is 23.2 Å². The Kier molecular flexibility index (Phi) is 2.63. The minimum absolute atomic E-state index is 0.00526. The predicted molar refractivity (Wildman–Crippen MR) is 61.4 cm³/mol. The fourth-order valence-electron chi connectivity index (χ4n) is 1.61. The van der Waals surface area contributed by atoms with Gasteiger partial charge in [-0.25, -0.2) is 0 Å². The van der Waals surface area contributed by atoms with Crippen LogP contribution in [0.5, 0.6) is 0 Å². The Morgan fingerprint density at radius 3 is 2.67 bits per heavy atom. The normalized spacial score (nSPS) is 17.5. The zero-order valence-electron chi connectivity index (χ0n) is 8.89. The quantitative estimate of drug-likeness (QED) is 0.859. The van der Waals surface area contributed by atoms with Gasteiger partial charge in [-0.3, -0.25) is 4.79 Å². The Bertz CT molecular complexity index is 393. The molecule has 15 heavy (non-hydrogen) atoms. The van der Waals surface area contributed by atoms with Gasteiger partial charge in [-0.1, -0.05) is 15.9 Å². The Balaban J connectivity index is 2.11. The lowest BCUT2D eigenvalue weighted by Gasteiger charge is -2.13. The lowest BCUT2D eigenvalue weighted by Crippen LogP contribution is -2.38. The summed E-state index contributed by atoms with van der Waals surface area (Å²) in [5.41, 5.74) is 0.647. The first-order chi connectivity index (χ1) is 7.06. The summed E-state index contributed by atoms with van der Waals surface area (Å²) >= 11 is 3.42. The Morgan fingerprint density at radius 2 is 2.27 bits per heavy atom. The number of carbonyl (C=O) groups is 1. The van der Waals surface area contributed by atoms with Crippen LogP contribution in [-0.2, 0) is 0 Å². The first kappa shape index (κ1) is 10.7. The summed E-state index contributed by atoms with van der Waals surface area (Å²) < 4.78 is 5.33. The van der Waals surface area contributed by atoms with E-state index in [1.807, 2.05) is 13.8 Å². The van der Waals surface area contributed by atoms with Crippen molar-refractivity contribution >= 4 is 21.8 Å².